The quantitative estimate of drug-likeness (QED) is 0.0172. The van der Waals surface area contributed by atoms with Gasteiger partial charge in [0.1, 0.15) is 54.9 Å². The second-order valence-electron chi connectivity index (χ2n) is 20.1. The van der Waals surface area contributed by atoms with Crippen molar-refractivity contribution in [3.8, 4) is 0 Å². The van der Waals surface area contributed by atoms with Crippen molar-refractivity contribution >= 4 is 5.97 Å². The molecular weight excluding hydrogens is 981 g/mol. The summed E-state index contributed by atoms with van der Waals surface area (Å²) in [6, 6.07) is 0. The van der Waals surface area contributed by atoms with Crippen LogP contribution in [0.1, 0.15) is 181 Å². The second kappa shape index (κ2) is 48.5. The molecular formula is C63H104O14. The molecule has 7 N–H and O–H groups in total. The van der Waals surface area contributed by atoms with Gasteiger partial charge in [-0.25, -0.2) is 0 Å². The van der Waals surface area contributed by atoms with Gasteiger partial charge in [0.05, 0.1) is 26.4 Å². The number of ether oxygens (including phenoxy) is 6. The van der Waals surface area contributed by atoms with Crippen molar-refractivity contribution in [3.63, 3.8) is 0 Å². The molecule has 11 unspecified atom stereocenters. The van der Waals surface area contributed by atoms with Crippen molar-refractivity contribution in [2.45, 2.75) is 248 Å². The number of carbonyl (C=O) groups is 1. The number of hydrogen-bond donors (Lipinski definition) is 7. The van der Waals surface area contributed by atoms with Crippen LogP contribution in [-0.4, -0.2) is 142 Å². The van der Waals surface area contributed by atoms with Crippen molar-refractivity contribution in [1.29, 1.82) is 0 Å². The average molecular weight is 1090 g/mol. The maximum absolute atomic E-state index is 13.1. The molecule has 0 aromatic carbocycles. The van der Waals surface area contributed by atoms with E-state index in [1.54, 1.807) is 0 Å². The smallest absolute Gasteiger partial charge is 0.306 e. The Bertz CT molecular complexity index is 1690. The molecule has 0 aromatic heterocycles. The first-order chi connectivity index (χ1) is 37.6. The van der Waals surface area contributed by atoms with Crippen LogP contribution < -0.4 is 0 Å². The summed E-state index contributed by atoms with van der Waals surface area (Å²) in [5.41, 5.74) is 0. The van der Waals surface area contributed by atoms with E-state index in [0.29, 0.717) is 13.0 Å². The highest BCUT2D eigenvalue weighted by molar-refractivity contribution is 5.69. The van der Waals surface area contributed by atoms with E-state index in [0.717, 1.165) is 116 Å². The number of esters is 1. The van der Waals surface area contributed by atoms with E-state index in [1.165, 1.54) is 38.5 Å². The maximum atomic E-state index is 13.1. The van der Waals surface area contributed by atoms with E-state index >= 15 is 0 Å². The summed E-state index contributed by atoms with van der Waals surface area (Å²) in [6.45, 7) is 3.46. The second-order valence-corrected chi connectivity index (χ2v) is 20.1. The van der Waals surface area contributed by atoms with Crippen molar-refractivity contribution in [1.82, 2.24) is 0 Å². The SMILES string of the molecule is CC/C=C\C/C=C\C/C=C\C/C=C\C/C=C\C/C=C\C/C=C\CCCCCCOCC(COC1OC(COC2OC(CO)C(O)C(O)C2O)C(O)C(O)C1O)OC(=O)CCCCCCCCC/C=C\C/C=C\CCCCC. The Morgan fingerprint density at radius 3 is 1.32 bits per heavy atom. The summed E-state index contributed by atoms with van der Waals surface area (Å²) in [5, 5.41) is 72.4. The lowest BCUT2D eigenvalue weighted by molar-refractivity contribution is -0.332. The van der Waals surface area contributed by atoms with Gasteiger partial charge in [0, 0.05) is 13.0 Å². The number of aliphatic hydroxyl groups is 7. The molecule has 2 aliphatic rings. The Balaban J connectivity index is 1.73. The Hall–Kier alpha value is -3.35. The van der Waals surface area contributed by atoms with Crippen LogP contribution in [0.5, 0.6) is 0 Å². The highest BCUT2D eigenvalue weighted by Gasteiger charge is 2.47. The molecule has 2 heterocycles. The molecule has 2 fully saturated rings. The summed E-state index contributed by atoms with van der Waals surface area (Å²) < 4.78 is 34.4. The minimum atomic E-state index is -1.72. The molecule has 14 nitrogen and oxygen atoms in total. The van der Waals surface area contributed by atoms with E-state index in [1.807, 2.05) is 0 Å². The molecule has 2 rings (SSSR count). The van der Waals surface area contributed by atoms with E-state index < -0.39 is 86.7 Å². The molecule has 2 saturated heterocycles. The van der Waals surface area contributed by atoms with Gasteiger partial charge in [-0.3, -0.25) is 4.79 Å². The van der Waals surface area contributed by atoms with Crippen LogP contribution in [0.4, 0.5) is 0 Å². The number of aliphatic hydroxyl groups excluding tert-OH is 7. The van der Waals surface area contributed by atoms with Crippen LogP contribution in [-0.2, 0) is 33.2 Å². The Morgan fingerprint density at radius 2 is 0.844 bits per heavy atom. The van der Waals surface area contributed by atoms with Crippen LogP contribution in [0.15, 0.2) is 109 Å². The first kappa shape index (κ1) is 69.8. The monoisotopic (exact) mass is 1080 g/mol. The van der Waals surface area contributed by atoms with Crippen LogP contribution in [0.25, 0.3) is 0 Å². The van der Waals surface area contributed by atoms with Crippen molar-refractivity contribution in [3.05, 3.63) is 109 Å². The van der Waals surface area contributed by atoms with E-state index in [4.69, 9.17) is 28.4 Å². The summed E-state index contributed by atoms with van der Waals surface area (Å²) in [5.74, 6) is -0.398. The third-order valence-corrected chi connectivity index (χ3v) is 13.3. The van der Waals surface area contributed by atoms with Crippen molar-refractivity contribution in [2.24, 2.45) is 0 Å². The van der Waals surface area contributed by atoms with Gasteiger partial charge in [-0.1, -0.05) is 181 Å². The third-order valence-electron chi connectivity index (χ3n) is 13.3. The first-order valence-electron chi connectivity index (χ1n) is 29.5. The number of allylic oxidation sites excluding steroid dienone is 18. The minimum Gasteiger partial charge on any atom is -0.457 e. The highest BCUT2D eigenvalue weighted by Crippen LogP contribution is 2.26. The van der Waals surface area contributed by atoms with E-state index in [9.17, 15) is 40.5 Å². The summed E-state index contributed by atoms with van der Waals surface area (Å²) >= 11 is 0. The van der Waals surface area contributed by atoms with Gasteiger partial charge in [-0.05, 0) is 103 Å². The fraction of sp³-hybridized carbons (Fsp3) is 0.698. The van der Waals surface area contributed by atoms with Crippen LogP contribution in [0.2, 0.25) is 0 Å². The van der Waals surface area contributed by atoms with Crippen molar-refractivity contribution < 1.29 is 69.0 Å². The Morgan fingerprint density at radius 1 is 0.442 bits per heavy atom. The fourth-order valence-electron chi connectivity index (χ4n) is 8.53. The van der Waals surface area contributed by atoms with Gasteiger partial charge in [-0.2, -0.15) is 0 Å². The molecule has 0 aromatic rings. The highest BCUT2D eigenvalue weighted by atomic mass is 16.7. The largest absolute Gasteiger partial charge is 0.457 e. The number of hydrogen-bond acceptors (Lipinski definition) is 14. The van der Waals surface area contributed by atoms with Gasteiger partial charge in [0.25, 0.3) is 0 Å². The lowest BCUT2D eigenvalue weighted by Gasteiger charge is -2.42. The normalized spacial score (nSPS) is 25.1. The fourth-order valence-corrected chi connectivity index (χ4v) is 8.53. The minimum absolute atomic E-state index is 0.0334. The topological polar surface area (TPSA) is 214 Å². The molecule has 0 bridgehead atoms. The molecule has 14 heteroatoms. The zero-order valence-electron chi connectivity index (χ0n) is 47.2. The molecule has 0 aliphatic carbocycles. The van der Waals surface area contributed by atoms with Gasteiger partial charge in [0.2, 0.25) is 0 Å². The lowest BCUT2D eigenvalue weighted by atomic mass is 9.98. The zero-order valence-corrected chi connectivity index (χ0v) is 47.2. The zero-order chi connectivity index (χ0) is 55.8. The maximum Gasteiger partial charge on any atom is 0.306 e. The average Bonchev–Trinajstić information content (AvgIpc) is 3.43. The Kier molecular flexibility index (Phi) is 44.0. The number of carbonyl (C=O) groups excluding carboxylic acids is 1. The third kappa shape index (κ3) is 35.1. The van der Waals surface area contributed by atoms with Gasteiger partial charge in [0.15, 0.2) is 12.6 Å². The van der Waals surface area contributed by atoms with Crippen LogP contribution >= 0.6 is 0 Å². The molecule has 11 atom stereocenters. The predicted molar refractivity (Wildman–Crippen MR) is 307 cm³/mol. The summed E-state index contributed by atoms with van der Waals surface area (Å²) in [6.07, 6.45) is 50.0. The van der Waals surface area contributed by atoms with Gasteiger partial charge >= 0.3 is 5.97 Å². The molecule has 0 spiro atoms. The van der Waals surface area contributed by atoms with Crippen LogP contribution in [0, 0.1) is 0 Å². The molecule has 0 radical (unpaired) electrons. The molecule has 440 valence electrons. The molecule has 0 amide bonds. The van der Waals surface area contributed by atoms with E-state index in [-0.39, 0.29) is 19.6 Å². The number of unbranched alkanes of at least 4 members (excludes halogenated alkanes) is 14. The Labute approximate surface area is 464 Å². The summed E-state index contributed by atoms with van der Waals surface area (Å²) in [4.78, 5) is 13.1. The van der Waals surface area contributed by atoms with Crippen molar-refractivity contribution in [2.75, 3.05) is 33.0 Å². The standard InChI is InChI=1S/C63H104O14/c1-3-5-7-9-11-13-15-17-19-21-22-23-24-25-26-27-28-29-31-33-35-37-39-41-43-45-47-72-49-52(75-55(65)46-44-42-40-38-36-34-32-30-20-18-16-14-12-10-8-6-4-2)50-73-62-61(71)59(69)57(67)54(77-62)51-74-63-60(70)58(68)56(66)53(48-64)76-63/h5,7,11-14,17-20,22-23,25-26,28-29,33,35,52-54,56-64,66-71H,3-4,6,8-10,15-16,21,24,27,30-32,34,36-51H2,1-2H3/b7-5-,13-11-,14-12-,19-17-,20-18-,23-22-,26-25-,29-28-,35-33-. The van der Waals surface area contributed by atoms with Crippen LogP contribution in [0.3, 0.4) is 0 Å². The van der Waals surface area contributed by atoms with Gasteiger partial charge < -0.3 is 64.2 Å². The van der Waals surface area contributed by atoms with E-state index in [2.05, 4.69) is 123 Å². The first-order valence-corrected chi connectivity index (χ1v) is 29.5. The molecule has 77 heavy (non-hydrogen) atoms. The lowest BCUT2D eigenvalue weighted by Crippen LogP contribution is -2.61. The molecule has 0 saturated carbocycles. The van der Waals surface area contributed by atoms with Gasteiger partial charge in [-0.15, -0.1) is 0 Å². The molecule has 2 aliphatic heterocycles. The predicted octanol–water partition coefficient (Wildman–Crippen LogP) is 10.7. The number of rotatable bonds is 46. The summed E-state index contributed by atoms with van der Waals surface area (Å²) in [7, 11) is 0.